The lowest BCUT2D eigenvalue weighted by Crippen LogP contribution is -2.02. The summed E-state index contributed by atoms with van der Waals surface area (Å²) in [6, 6.07) is 9.28. The first-order chi connectivity index (χ1) is 8.04. The molecule has 0 saturated heterocycles. The van der Waals surface area contributed by atoms with E-state index in [0.29, 0.717) is 12.2 Å². The molecule has 0 aliphatic rings. The van der Waals surface area contributed by atoms with E-state index in [1.165, 1.54) is 0 Å². The maximum atomic E-state index is 11.9. The normalized spacial score (nSPS) is 10.5. The number of aryl methyl sites for hydroxylation is 2. The fourth-order valence-corrected chi connectivity index (χ4v) is 2.05. The summed E-state index contributed by atoms with van der Waals surface area (Å²) in [6.45, 7) is 4.04. The molecule has 2 aromatic rings. The highest BCUT2D eigenvalue weighted by molar-refractivity contribution is 6.29. The fourth-order valence-electron chi connectivity index (χ4n) is 1.91. The third kappa shape index (κ3) is 2.98. The minimum atomic E-state index is -0.0538. The number of furan rings is 1. The topological polar surface area (TPSA) is 30.2 Å². The van der Waals surface area contributed by atoms with E-state index in [2.05, 4.69) is 6.07 Å². The van der Waals surface area contributed by atoms with Crippen molar-refractivity contribution in [3.63, 3.8) is 0 Å². The van der Waals surface area contributed by atoms with Gasteiger partial charge in [-0.15, -0.1) is 0 Å². The molecule has 0 bridgehead atoms. The molecule has 1 heterocycles. The maximum absolute atomic E-state index is 11.9. The Morgan fingerprint density at radius 1 is 1.18 bits per heavy atom. The Bertz CT molecular complexity index is 535. The van der Waals surface area contributed by atoms with Gasteiger partial charge in [-0.1, -0.05) is 29.3 Å². The summed E-state index contributed by atoms with van der Waals surface area (Å²) in [4.78, 5) is 11.9. The molecular formula is C14H13ClO2. The van der Waals surface area contributed by atoms with Gasteiger partial charge >= 0.3 is 0 Å². The predicted octanol–water partition coefficient (Wildman–Crippen LogP) is 3.98. The third-order valence-electron chi connectivity index (χ3n) is 2.49. The molecule has 0 aliphatic heterocycles. The van der Waals surface area contributed by atoms with Gasteiger partial charge in [0.25, 0.3) is 0 Å². The Morgan fingerprint density at radius 3 is 2.35 bits per heavy atom. The molecule has 0 N–H and O–H groups in total. The van der Waals surface area contributed by atoms with E-state index >= 15 is 0 Å². The molecule has 1 aromatic heterocycles. The Morgan fingerprint density at radius 2 is 1.82 bits per heavy atom. The largest absolute Gasteiger partial charge is 0.442 e. The minimum Gasteiger partial charge on any atom is -0.442 e. The highest BCUT2D eigenvalue weighted by Crippen LogP contribution is 2.16. The average Bonchev–Trinajstić information content (AvgIpc) is 2.63. The zero-order valence-corrected chi connectivity index (χ0v) is 10.5. The van der Waals surface area contributed by atoms with Crippen molar-refractivity contribution < 1.29 is 9.21 Å². The number of ketones is 1. The number of Topliss-reactive ketones (excluding diaryl/α,β-unsaturated/α-hetero) is 1. The summed E-state index contributed by atoms with van der Waals surface area (Å²) < 4.78 is 5.09. The van der Waals surface area contributed by atoms with E-state index in [1.807, 2.05) is 26.0 Å². The molecular weight excluding hydrogens is 236 g/mol. The van der Waals surface area contributed by atoms with Gasteiger partial charge in [-0.2, -0.15) is 0 Å². The Kier molecular flexibility index (Phi) is 3.34. The molecule has 17 heavy (non-hydrogen) atoms. The quantitative estimate of drug-likeness (QED) is 0.770. The minimum absolute atomic E-state index is 0.0538. The lowest BCUT2D eigenvalue weighted by Gasteiger charge is -2.03. The number of carbonyl (C=O) groups excluding carboxylic acids is 1. The van der Waals surface area contributed by atoms with Crippen molar-refractivity contribution in [1.29, 1.82) is 0 Å². The Balaban J connectivity index is 2.18. The zero-order chi connectivity index (χ0) is 12.4. The molecule has 2 nitrogen and oxygen atoms in total. The molecule has 88 valence electrons. The summed E-state index contributed by atoms with van der Waals surface area (Å²) in [5.74, 6) is 0.260. The lowest BCUT2D eigenvalue weighted by molar-refractivity contribution is 0.0966. The average molecular weight is 249 g/mol. The highest BCUT2D eigenvalue weighted by Gasteiger charge is 2.11. The van der Waals surface area contributed by atoms with Gasteiger partial charge in [-0.25, -0.2) is 0 Å². The van der Waals surface area contributed by atoms with Gasteiger partial charge in [0.05, 0.1) is 0 Å². The second kappa shape index (κ2) is 4.76. The van der Waals surface area contributed by atoms with Crippen molar-refractivity contribution in [3.8, 4) is 0 Å². The maximum Gasteiger partial charge on any atom is 0.202 e. The van der Waals surface area contributed by atoms with Crippen LogP contribution in [0, 0.1) is 13.8 Å². The van der Waals surface area contributed by atoms with Crippen LogP contribution in [-0.4, -0.2) is 5.78 Å². The third-order valence-corrected chi connectivity index (χ3v) is 2.70. The smallest absolute Gasteiger partial charge is 0.202 e. The summed E-state index contributed by atoms with van der Waals surface area (Å²) in [6.07, 6.45) is 0.340. The molecule has 0 atom stereocenters. The standard InChI is InChI=1S/C14H13ClO2/c1-9-5-10(2)7-11(6-9)8-12(16)13-3-4-14(15)17-13/h3-7H,8H2,1-2H3. The van der Waals surface area contributed by atoms with E-state index in [-0.39, 0.29) is 11.0 Å². The van der Waals surface area contributed by atoms with Gasteiger partial charge in [0.2, 0.25) is 5.78 Å². The summed E-state index contributed by atoms with van der Waals surface area (Å²) >= 11 is 5.64. The van der Waals surface area contributed by atoms with Crippen LogP contribution in [0.2, 0.25) is 5.22 Å². The Labute approximate surface area is 105 Å². The molecule has 0 spiro atoms. The van der Waals surface area contributed by atoms with Crippen LogP contribution in [0.3, 0.4) is 0 Å². The van der Waals surface area contributed by atoms with Crippen LogP contribution in [0.5, 0.6) is 0 Å². The molecule has 3 heteroatoms. The SMILES string of the molecule is Cc1cc(C)cc(CC(=O)c2ccc(Cl)o2)c1. The van der Waals surface area contributed by atoms with Crippen molar-refractivity contribution in [2.45, 2.75) is 20.3 Å². The van der Waals surface area contributed by atoms with E-state index in [9.17, 15) is 4.79 Å². The van der Waals surface area contributed by atoms with Crippen molar-refractivity contribution in [2.24, 2.45) is 0 Å². The zero-order valence-electron chi connectivity index (χ0n) is 9.79. The van der Waals surface area contributed by atoms with Gasteiger partial charge in [-0.3, -0.25) is 4.79 Å². The molecule has 2 rings (SSSR count). The van der Waals surface area contributed by atoms with Crippen LogP contribution in [0.4, 0.5) is 0 Å². The number of halogens is 1. The van der Waals surface area contributed by atoms with Crippen molar-refractivity contribution >= 4 is 17.4 Å². The van der Waals surface area contributed by atoms with E-state index in [1.54, 1.807) is 12.1 Å². The molecule has 1 aromatic carbocycles. The van der Waals surface area contributed by atoms with E-state index < -0.39 is 0 Å². The van der Waals surface area contributed by atoms with E-state index in [4.69, 9.17) is 16.0 Å². The molecule has 0 saturated carbocycles. The second-order valence-electron chi connectivity index (χ2n) is 4.20. The molecule has 0 aliphatic carbocycles. The first kappa shape index (κ1) is 11.9. The molecule has 0 radical (unpaired) electrons. The number of benzene rings is 1. The lowest BCUT2D eigenvalue weighted by atomic mass is 10.0. The van der Waals surface area contributed by atoms with Gasteiger partial charge in [0.15, 0.2) is 11.0 Å². The second-order valence-corrected chi connectivity index (χ2v) is 4.57. The van der Waals surface area contributed by atoms with Crippen LogP contribution in [-0.2, 0) is 6.42 Å². The summed E-state index contributed by atoms with van der Waals surface area (Å²) in [5, 5.41) is 0.244. The van der Waals surface area contributed by atoms with Crippen LogP contribution in [0.1, 0.15) is 27.2 Å². The van der Waals surface area contributed by atoms with Gasteiger partial charge in [-0.05, 0) is 43.1 Å². The van der Waals surface area contributed by atoms with Crippen LogP contribution >= 0.6 is 11.6 Å². The summed E-state index contributed by atoms with van der Waals surface area (Å²) in [5.41, 5.74) is 3.32. The summed E-state index contributed by atoms with van der Waals surface area (Å²) in [7, 11) is 0. The molecule has 0 unspecified atom stereocenters. The van der Waals surface area contributed by atoms with Crippen LogP contribution in [0.15, 0.2) is 34.7 Å². The monoisotopic (exact) mass is 248 g/mol. The Hall–Kier alpha value is -1.54. The number of hydrogen-bond acceptors (Lipinski definition) is 2. The van der Waals surface area contributed by atoms with E-state index in [0.717, 1.165) is 16.7 Å². The number of carbonyl (C=O) groups is 1. The van der Waals surface area contributed by atoms with Gasteiger partial charge in [0, 0.05) is 6.42 Å². The van der Waals surface area contributed by atoms with Crippen LogP contribution < -0.4 is 0 Å². The predicted molar refractivity (Wildman–Crippen MR) is 67.7 cm³/mol. The highest BCUT2D eigenvalue weighted by atomic mass is 35.5. The first-order valence-electron chi connectivity index (χ1n) is 5.40. The number of hydrogen-bond donors (Lipinski definition) is 0. The van der Waals surface area contributed by atoms with Gasteiger partial charge in [0.1, 0.15) is 0 Å². The first-order valence-corrected chi connectivity index (χ1v) is 5.78. The molecule has 0 amide bonds. The fraction of sp³-hybridized carbons (Fsp3) is 0.214. The van der Waals surface area contributed by atoms with Gasteiger partial charge < -0.3 is 4.42 Å². The van der Waals surface area contributed by atoms with Crippen molar-refractivity contribution in [1.82, 2.24) is 0 Å². The van der Waals surface area contributed by atoms with Crippen LogP contribution in [0.25, 0.3) is 0 Å². The van der Waals surface area contributed by atoms with Crippen molar-refractivity contribution in [2.75, 3.05) is 0 Å². The van der Waals surface area contributed by atoms with Crippen molar-refractivity contribution in [3.05, 3.63) is 58.0 Å². The molecule has 0 fully saturated rings. The number of rotatable bonds is 3.